The van der Waals surface area contributed by atoms with Crippen molar-refractivity contribution in [2.24, 2.45) is 0 Å². The molecule has 0 atom stereocenters. The van der Waals surface area contributed by atoms with Gasteiger partial charge in [-0.2, -0.15) is 0 Å². The normalized spacial score (nSPS) is 11.0. The van der Waals surface area contributed by atoms with Gasteiger partial charge in [-0.3, -0.25) is 4.79 Å². The molecular weight excluding hydrogens is 264 g/mol. The molecule has 21 heavy (non-hydrogen) atoms. The molecule has 5 heteroatoms. The molecule has 1 N–H and O–H groups in total. The highest BCUT2D eigenvalue weighted by Crippen LogP contribution is 2.19. The van der Waals surface area contributed by atoms with Gasteiger partial charge in [0.2, 0.25) is 5.91 Å². The first kappa shape index (κ1) is 15.5. The highest BCUT2D eigenvalue weighted by Gasteiger charge is 2.14. The van der Waals surface area contributed by atoms with Crippen LogP contribution in [0.2, 0.25) is 0 Å². The minimum absolute atomic E-state index is 0.137. The lowest BCUT2D eigenvalue weighted by atomic mass is 10.2. The SMILES string of the molecule is CCNCc1cn(CC(=O)N(CC)CC)c2ncccc12. The Morgan fingerprint density at radius 1 is 1.33 bits per heavy atom. The number of nitrogens with one attached hydrogen (secondary N) is 1. The summed E-state index contributed by atoms with van der Waals surface area (Å²) in [5, 5.41) is 4.45. The van der Waals surface area contributed by atoms with Crippen LogP contribution in [0.1, 0.15) is 26.3 Å². The second kappa shape index (κ2) is 7.22. The molecular formula is C16H24N4O. The first-order valence-electron chi connectivity index (χ1n) is 7.62. The zero-order chi connectivity index (χ0) is 15.2. The van der Waals surface area contributed by atoms with E-state index in [4.69, 9.17) is 0 Å². The summed E-state index contributed by atoms with van der Waals surface area (Å²) < 4.78 is 1.96. The lowest BCUT2D eigenvalue weighted by Crippen LogP contribution is -2.33. The van der Waals surface area contributed by atoms with Crippen LogP contribution in [0.4, 0.5) is 0 Å². The second-order valence-corrected chi connectivity index (χ2v) is 5.00. The summed E-state index contributed by atoms with van der Waals surface area (Å²) in [5.74, 6) is 0.137. The zero-order valence-corrected chi connectivity index (χ0v) is 13.1. The van der Waals surface area contributed by atoms with Crippen molar-refractivity contribution < 1.29 is 4.79 Å². The van der Waals surface area contributed by atoms with Gasteiger partial charge in [-0.15, -0.1) is 0 Å². The summed E-state index contributed by atoms with van der Waals surface area (Å²) in [6.45, 7) is 9.64. The molecule has 5 nitrogen and oxygen atoms in total. The van der Waals surface area contributed by atoms with Crippen molar-refractivity contribution in [2.75, 3.05) is 19.6 Å². The molecule has 0 radical (unpaired) electrons. The van der Waals surface area contributed by atoms with Crippen molar-refractivity contribution in [1.82, 2.24) is 19.8 Å². The lowest BCUT2D eigenvalue weighted by molar-refractivity contribution is -0.131. The predicted molar refractivity (Wildman–Crippen MR) is 85.0 cm³/mol. The number of carbonyl (C=O) groups excluding carboxylic acids is 1. The quantitative estimate of drug-likeness (QED) is 0.848. The number of aromatic nitrogens is 2. The van der Waals surface area contributed by atoms with Gasteiger partial charge in [0.1, 0.15) is 12.2 Å². The third kappa shape index (κ3) is 3.42. The Hall–Kier alpha value is -1.88. The molecule has 2 heterocycles. The van der Waals surface area contributed by atoms with Crippen LogP contribution in [0.15, 0.2) is 24.5 Å². The van der Waals surface area contributed by atoms with E-state index in [2.05, 4.69) is 23.3 Å². The largest absolute Gasteiger partial charge is 0.342 e. The van der Waals surface area contributed by atoms with Gasteiger partial charge in [0, 0.05) is 37.4 Å². The molecule has 2 aromatic heterocycles. The Morgan fingerprint density at radius 3 is 2.76 bits per heavy atom. The van der Waals surface area contributed by atoms with E-state index in [9.17, 15) is 4.79 Å². The summed E-state index contributed by atoms with van der Waals surface area (Å²) in [4.78, 5) is 18.6. The molecule has 2 aromatic rings. The first-order valence-corrected chi connectivity index (χ1v) is 7.62. The molecule has 0 spiro atoms. The number of carbonyl (C=O) groups is 1. The van der Waals surface area contributed by atoms with Crippen molar-refractivity contribution in [3.8, 4) is 0 Å². The molecule has 2 rings (SSSR count). The van der Waals surface area contributed by atoms with Gasteiger partial charge in [0.25, 0.3) is 0 Å². The molecule has 0 fully saturated rings. The molecule has 114 valence electrons. The van der Waals surface area contributed by atoms with E-state index in [1.165, 1.54) is 5.56 Å². The summed E-state index contributed by atoms with van der Waals surface area (Å²) in [6.07, 6.45) is 3.82. The number of amides is 1. The number of pyridine rings is 1. The molecule has 0 aliphatic carbocycles. The standard InChI is InChI=1S/C16H24N4O/c1-4-17-10-13-11-20(12-15(21)19(5-2)6-3)16-14(13)8-7-9-18-16/h7-9,11,17H,4-6,10,12H2,1-3H3. The van der Waals surface area contributed by atoms with Crippen LogP contribution in [-0.4, -0.2) is 40.0 Å². The van der Waals surface area contributed by atoms with E-state index in [1.54, 1.807) is 6.20 Å². The number of fused-ring (bicyclic) bond motifs is 1. The van der Waals surface area contributed by atoms with Crippen LogP contribution in [0.5, 0.6) is 0 Å². The molecule has 0 aliphatic rings. The second-order valence-electron chi connectivity index (χ2n) is 5.00. The van der Waals surface area contributed by atoms with Gasteiger partial charge in [0.05, 0.1) is 0 Å². The topological polar surface area (TPSA) is 50.2 Å². The molecule has 0 saturated carbocycles. The average molecular weight is 288 g/mol. The first-order chi connectivity index (χ1) is 10.2. The Bertz CT molecular complexity index is 601. The van der Waals surface area contributed by atoms with E-state index in [-0.39, 0.29) is 5.91 Å². The monoisotopic (exact) mass is 288 g/mol. The highest BCUT2D eigenvalue weighted by molar-refractivity contribution is 5.83. The van der Waals surface area contributed by atoms with Crippen molar-refractivity contribution in [3.05, 3.63) is 30.1 Å². The smallest absolute Gasteiger partial charge is 0.242 e. The van der Waals surface area contributed by atoms with Gasteiger partial charge in [-0.05, 0) is 38.1 Å². The van der Waals surface area contributed by atoms with E-state index >= 15 is 0 Å². The molecule has 0 aromatic carbocycles. The number of hydrogen-bond donors (Lipinski definition) is 1. The van der Waals surface area contributed by atoms with Crippen molar-refractivity contribution in [3.63, 3.8) is 0 Å². The maximum atomic E-state index is 12.3. The molecule has 1 amide bonds. The van der Waals surface area contributed by atoms with Crippen molar-refractivity contribution >= 4 is 16.9 Å². The van der Waals surface area contributed by atoms with Crippen LogP contribution in [0, 0.1) is 0 Å². The van der Waals surface area contributed by atoms with Crippen molar-refractivity contribution in [1.29, 1.82) is 0 Å². The lowest BCUT2D eigenvalue weighted by Gasteiger charge is -2.18. The van der Waals surface area contributed by atoms with Crippen LogP contribution in [-0.2, 0) is 17.9 Å². The van der Waals surface area contributed by atoms with Crippen LogP contribution in [0.25, 0.3) is 11.0 Å². The fraction of sp³-hybridized carbons (Fsp3) is 0.500. The predicted octanol–water partition coefficient (Wildman–Crippen LogP) is 2.01. The maximum absolute atomic E-state index is 12.3. The third-order valence-electron chi connectivity index (χ3n) is 3.70. The molecule has 0 bridgehead atoms. The van der Waals surface area contributed by atoms with E-state index in [0.29, 0.717) is 6.54 Å². The Morgan fingerprint density at radius 2 is 2.10 bits per heavy atom. The Kier molecular flexibility index (Phi) is 5.33. The van der Waals surface area contributed by atoms with Crippen LogP contribution in [0.3, 0.4) is 0 Å². The van der Waals surface area contributed by atoms with Gasteiger partial charge < -0.3 is 14.8 Å². The molecule has 0 aliphatic heterocycles. The fourth-order valence-corrected chi connectivity index (χ4v) is 2.54. The van der Waals surface area contributed by atoms with Gasteiger partial charge >= 0.3 is 0 Å². The summed E-state index contributed by atoms with van der Waals surface area (Å²) in [7, 11) is 0. The molecule has 0 unspecified atom stereocenters. The number of rotatable bonds is 7. The Labute approximate surface area is 126 Å². The summed E-state index contributed by atoms with van der Waals surface area (Å²) in [6, 6.07) is 4.00. The fourth-order valence-electron chi connectivity index (χ4n) is 2.54. The van der Waals surface area contributed by atoms with Crippen LogP contribution < -0.4 is 5.32 Å². The third-order valence-corrected chi connectivity index (χ3v) is 3.70. The van der Waals surface area contributed by atoms with Gasteiger partial charge in [-0.25, -0.2) is 4.98 Å². The van der Waals surface area contributed by atoms with E-state index in [0.717, 1.165) is 37.2 Å². The van der Waals surface area contributed by atoms with Gasteiger partial charge in [-0.1, -0.05) is 6.92 Å². The van der Waals surface area contributed by atoms with E-state index < -0.39 is 0 Å². The zero-order valence-electron chi connectivity index (χ0n) is 13.1. The highest BCUT2D eigenvalue weighted by atomic mass is 16.2. The van der Waals surface area contributed by atoms with Gasteiger partial charge in [0.15, 0.2) is 0 Å². The molecule has 0 saturated heterocycles. The minimum Gasteiger partial charge on any atom is -0.342 e. The van der Waals surface area contributed by atoms with Crippen LogP contribution >= 0.6 is 0 Å². The summed E-state index contributed by atoms with van der Waals surface area (Å²) >= 11 is 0. The Balaban J connectivity index is 2.29. The van der Waals surface area contributed by atoms with Crippen molar-refractivity contribution in [2.45, 2.75) is 33.9 Å². The number of nitrogens with zero attached hydrogens (tertiary/aromatic N) is 3. The number of hydrogen-bond acceptors (Lipinski definition) is 3. The minimum atomic E-state index is 0.137. The maximum Gasteiger partial charge on any atom is 0.242 e. The van der Waals surface area contributed by atoms with E-state index in [1.807, 2.05) is 35.6 Å². The average Bonchev–Trinajstić information content (AvgIpc) is 2.85. The summed E-state index contributed by atoms with van der Waals surface area (Å²) in [5.41, 5.74) is 2.07. The number of likely N-dealkylation sites (N-methyl/N-ethyl adjacent to an activating group) is 1.